The monoisotopic (exact) mass is 226 g/mol. The van der Waals surface area contributed by atoms with E-state index in [0.29, 0.717) is 10.4 Å². The first-order valence-electron chi connectivity index (χ1n) is 5.24. The Morgan fingerprint density at radius 2 is 2.07 bits per heavy atom. The molecule has 0 bridgehead atoms. The molecule has 15 heavy (non-hydrogen) atoms. The van der Waals surface area contributed by atoms with Crippen molar-refractivity contribution in [2.75, 3.05) is 11.9 Å². The van der Waals surface area contributed by atoms with E-state index in [9.17, 15) is 0 Å². The molecule has 0 aromatic carbocycles. The summed E-state index contributed by atoms with van der Waals surface area (Å²) in [6.07, 6.45) is 2.92. The lowest BCUT2D eigenvalue weighted by Gasteiger charge is -2.18. The number of aromatic nitrogens is 1. The fourth-order valence-electron chi connectivity index (χ4n) is 1.22. The maximum atomic E-state index is 6.05. The smallest absolute Gasteiger partial charge is 0.144 e. The number of hydrogen-bond donors (Lipinski definition) is 1. The van der Waals surface area contributed by atoms with Gasteiger partial charge in [0.25, 0.3) is 0 Å². The second kappa shape index (κ2) is 4.84. The zero-order valence-electron chi connectivity index (χ0n) is 9.89. The van der Waals surface area contributed by atoms with Crippen LogP contribution in [0.4, 0.5) is 5.82 Å². The molecule has 0 amide bonds. The van der Waals surface area contributed by atoms with Gasteiger partial charge >= 0.3 is 0 Å². The average Bonchev–Trinajstić information content (AvgIpc) is 2.07. The van der Waals surface area contributed by atoms with Crippen LogP contribution in [0.25, 0.3) is 0 Å². The maximum Gasteiger partial charge on any atom is 0.144 e. The summed E-state index contributed by atoms with van der Waals surface area (Å²) in [5, 5.41) is 3.95. The van der Waals surface area contributed by atoms with Crippen LogP contribution in [0.5, 0.6) is 0 Å². The molecule has 0 aliphatic heterocycles. The van der Waals surface area contributed by atoms with Gasteiger partial charge in [-0.15, -0.1) is 0 Å². The van der Waals surface area contributed by atoms with Crippen LogP contribution >= 0.6 is 11.6 Å². The van der Waals surface area contributed by atoms with E-state index >= 15 is 0 Å². The van der Waals surface area contributed by atoms with E-state index in [1.54, 1.807) is 0 Å². The lowest BCUT2D eigenvalue weighted by molar-refractivity contribution is 0.389. The van der Waals surface area contributed by atoms with Gasteiger partial charge in [-0.05, 0) is 30.4 Å². The number of nitrogens with zero attached hydrogens (tertiary/aromatic N) is 1. The average molecular weight is 227 g/mol. The number of aryl methyl sites for hydroxylation is 1. The number of hydrogen-bond acceptors (Lipinski definition) is 2. The fourth-order valence-corrected chi connectivity index (χ4v) is 1.51. The normalized spacial score (nSPS) is 11.5. The molecule has 0 saturated carbocycles. The quantitative estimate of drug-likeness (QED) is 0.846. The first-order chi connectivity index (χ1) is 6.88. The third-order valence-corrected chi connectivity index (χ3v) is 2.43. The largest absolute Gasteiger partial charge is 0.369 e. The van der Waals surface area contributed by atoms with Crippen molar-refractivity contribution < 1.29 is 0 Å². The Hall–Kier alpha value is -0.760. The van der Waals surface area contributed by atoms with Crippen LogP contribution in [0.2, 0.25) is 5.02 Å². The molecule has 0 spiro atoms. The lowest BCUT2D eigenvalue weighted by Crippen LogP contribution is -2.13. The van der Waals surface area contributed by atoms with Gasteiger partial charge in [-0.2, -0.15) is 0 Å². The van der Waals surface area contributed by atoms with Crippen molar-refractivity contribution in [3.05, 3.63) is 22.8 Å². The van der Waals surface area contributed by atoms with Crippen LogP contribution in [0.3, 0.4) is 0 Å². The standard InChI is InChI=1S/C12H19ClN2/c1-9-7-10(13)11(15-8-9)14-6-5-12(2,3)4/h7-8H,5-6H2,1-4H3,(H,14,15). The summed E-state index contributed by atoms with van der Waals surface area (Å²) < 4.78 is 0. The summed E-state index contributed by atoms with van der Waals surface area (Å²) in [6.45, 7) is 9.55. The van der Waals surface area contributed by atoms with Gasteiger partial charge in [0.05, 0.1) is 5.02 Å². The molecule has 84 valence electrons. The molecule has 0 aliphatic rings. The van der Waals surface area contributed by atoms with Crippen LogP contribution in [-0.2, 0) is 0 Å². The minimum absolute atomic E-state index is 0.337. The van der Waals surface area contributed by atoms with Crippen LogP contribution < -0.4 is 5.32 Å². The third-order valence-electron chi connectivity index (χ3n) is 2.15. The molecule has 0 unspecified atom stereocenters. The van der Waals surface area contributed by atoms with Crippen LogP contribution in [0.15, 0.2) is 12.3 Å². The Balaban J connectivity index is 2.51. The highest BCUT2D eigenvalue weighted by Gasteiger charge is 2.09. The predicted octanol–water partition coefficient (Wildman–Crippen LogP) is 3.89. The Morgan fingerprint density at radius 3 is 2.60 bits per heavy atom. The van der Waals surface area contributed by atoms with Crippen LogP contribution in [0.1, 0.15) is 32.8 Å². The Morgan fingerprint density at radius 1 is 1.40 bits per heavy atom. The zero-order valence-corrected chi connectivity index (χ0v) is 10.7. The van der Waals surface area contributed by atoms with E-state index in [2.05, 4.69) is 31.1 Å². The lowest BCUT2D eigenvalue weighted by atomic mass is 9.92. The van der Waals surface area contributed by atoms with Gasteiger partial charge in [0.15, 0.2) is 0 Å². The van der Waals surface area contributed by atoms with E-state index in [0.717, 1.165) is 24.3 Å². The molecular formula is C12H19ClN2. The molecule has 0 radical (unpaired) electrons. The second-order valence-corrected chi connectivity index (χ2v) is 5.49. The molecule has 0 atom stereocenters. The number of rotatable bonds is 3. The number of anilines is 1. The third kappa shape index (κ3) is 4.52. The topological polar surface area (TPSA) is 24.9 Å². The van der Waals surface area contributed by atoms with Crippen molar-refractivity contribution in [3.8, 4) is 0 Å². The fraction of sp³-hybridized carbons (Fsp3) is 0.583. The van der Waals surface area contributed by atoms with Crippen molar-refractivity contribution >= 4 is 17.4 Å². The van der Waals surface area contributed by atoms with E-state index in [-0.39, 0.29) is 0 Å². The SMILES string of the molecule is Cc1cnc(NCCC(C)(C)C)c(Cl)c1. The summed E-state index contributed by atoms with van der Waals surface area (Å²) in [4.78, 5) is 4.25. The molecule has 1 aromatic rings. The van der Waals surface area contributed by atoms with Crippen molar-refractivity contribution in [1.82, 2.24) is 4.98 Å². The second-order valence-electron chi connectivity index (χ2n) is 5.08. The predicted molar refractivity (Wildman–Crippen MR) is 66.5 cm³/mol. The molecule has 1 aromatic heterocycles. The molecule has 1 N–H and O–H groups in total. The van der Waals surface area contributed by atoms with Crippen molar-refractivity contribution in [2.24, 2.45) is 5.41 Å². The van der Waals surface area contributed by atoms with E-state index in [1.807, 2.05) is 19.2 Å². The van der Waals surface area contributed by atoms with Gasteiger partial charge in [-0.25, -0.2) is 4.98 Å². The minimum atomic E-state index is 0.337. The summed E-state index contributed by atoms with van der Waals surface area (Å²) in [6, 6.07) is 1.92. The van der Waals surface area contributed by atoms with Gasteiger partial charge in [-0.1, -0.05) is 32.4 Å². The number of nitrogens with one attached hydrogen (secondary N) is 1. The molecule has 3 heteroatoms. The summed E-state index contributed by atoms with van der Waals surface area (Å²) in [5.74, 6) is 0.784. The Kier molecular flexibility index (Phi) is 3.97. The van der Waals surface area contributed by atoms with Crippen LogP contribution in [0, 0.1) is 12.3 Å². The zero-order chi connectivity index (χ0) is 11.5. The summed E-state index contributed by atoms with van der Waals surface area (Å²) in [7, 11) is 0. The van der Waals surface area contributed by atoms with E-state index in [4.69, 9.17) is 11.6 Å². The highest BCUT2D eigenvalue weighted by molar-refractivity contribution is 6.32. The van der Waals surface area contributed by atoms with Gasteiger partial charge in [0.2, 0.25) is 0 Å². The van der Waals surface area contributed by atoms with Gasteiger partial charge in [-0.3, -0.25) is 0 Å². The number of halogens is 1. The van der Waals surface area contributed by atoms with Crippen molar-refractivity contribution in [2.45, 2.75) is 34.1 Å². The van der Waals surface area contributed by atoms with E-state index in [1.165, 1.54) is 0 Å². The maximum absolute atomic E-state index is 6.05. The molecular weight excluding hydrogens is 208 g/mol. The number of pyridine rings is 1. The van der Waals surface area contributed by atoms with Crippen molar-refractivity contribution in [3.63, 3.8) is 0 Å². The summed E-state index contributed by atoms with van der Waals surface area (Å²) in [5.41, 5.74) is 1.42. The molecule has 2 nitrogen and oxygen atoms in total. The molecule has 1 heterocycles. The Bertz CT molecular complexity index is 329. The first-order valence-corrected chi connectivity index (χ1v) is 5.62. The minimum Gasteiger partial charge on any atom is -0.369 e. The van der Waals surface area contributed by atoms with Crippen LogP contribution in [-0.4, -0.2) is 11.5 Å². The highest BCUT2D eigenvalue weighted by Crippen LogP contribution is 2.22. The molecule has 0 fully saturated rings. The highest BCUT2D eigenvalue weighted by atomic mass is 35.5. The molecule has 0 saturated heterocycles. The summed E-state index contributed by atoms with van der Waals surface area (Å²) >= 11 is 6.05. The van der Waals surface area contributed by atoms with E-state index < -0.39 is 0 Å². The molecule has 1 rings (SSSR count). The van der Waals surface area contributed by atoms with Gasteiger partial charge < -0.3 is 5.32 Å². The first kappa shape index (κ1) is 12.3. The molecule has 0 aliphatic carbocycles. The van der Waals surface area contributed by atoms with Gasteiger partial charge in [0.1, 0.15) is 5.82 Å². The van der Waals surface area contributed by atoms with Crippen molar-refractivity contribution in [1.29, 1.82) is 0 Å². The van der Waals surface area contributed by atoms with Gasteiger partial charge in [0, 0.05) is 12.7 Å². The Labute approximate surface area is 97.1 Å².